The summed E-state index contributed by atoms with van der Waals surface area (Å²) >= 11 is 5.62. The summed E-state index contributed by atoms with van der Waals surface area (Å²) in [6.45, 7) is 1.12. The highest BCUT2D eigenvalue weighted by Gasteiger charge is 2.16. The van der Waals surface area contributed by atoms with E-state index in [1.54, 1.807) is 32.8 Å². The van der Waals surface area contributed by atoms with E-state index in [1.165, 1.54) is 0 Å². The number of aromatic amines is 1. The minimum Gasteiger partial charge on any atom is -0.493 e. The van der Waals surface area contributed by atoms with E-state index in [0.717, 1.165) is 16.9 Å². The third-order valence-corrected chi connectivity index (χ3v) is 5.40. The fourth-order valence-electron chi connectivity index (χ4n) is 3.38. The van der Waals surface area contributed by atoms with E-state index in [9.17, 15) is 4.79 Å². The monoisotopic (exact) mass is 453 g/mol. The molecular formula is C23H23N3O5S. The van der Waals surface area contributed by atoms with Gasteiger partial charge in [-0.2, -0.15) is 0 Å². The lowest BCUT2D eigenvalue weighted by atomic mass is 10.1. The lowest BCUT2D eigenvalue weighted by molar-refractivity contribution is 0.348. The summed E-state index contributed by atoms with van der Waals surface area (Å²) in [7, 11) is 3.13. The van der Waals surface area contributed by atoms with Crippen molar-refractivity contribution in [2.24, 2.45) is 0 Å². The predicted octanol–water partition coefficient (Wildman–Crippen LogP) is 3.81. The molecule has 32 heavy (non-hydrogen) atoms. The Morgan fingerprint density at radius 2 is 1.72 bits per heavy atom. The van der Waals surface area contributed by atoms with Gasteiger partial charge in [0.15, 0.2) is 16.6 Å². The summed E-state index contributed by atoms with van der Waals surface area (Å²) in [6, 6.07) is 12.8. The average molecular weight is 454 g/mol. The zero-order chi connectivity index (χ0) is 22.5. The van der Waals surface area contributed by atoms with Crippen molar-refractivity contribution in [1.29, 1.82) is 0 Å². The van der Waals surface area contributed by atoms with Gasteiger partial charge >= 0.3 is 0 Å². The SMILES string of the molecule is COc1cc2cc(CN(Cc3ccco3)C(=S)NCc3ccco3)c(=O)[nH]c2cc1OC. The first-order valence-electron chi connectivity index (χ1n) is 9.93. The minimum absolute atomic E-state index is 0.206. The van der Waals surface area contributed by atoms with Crippen molar-refractivity contribution < 1.29 is 18.3 Å². The number of thiocarbonyl (C=S) groups is 1. The molecular weight excluding hydrogens is 430 g/mol. The number of fused-ring (bicyclic) bond motifs is 1. The summed E-state index contributed by atoms with van der Waals surface area (Å²) in [5, 5.41) is 4.48. The van der Waals surface area contributed by atoms with Gasteiger partial charge in [-0.1, -0.05) is 0 Å². The number of pyridine rings is 1. The maximum absolute atomic E-state index is 12.8. The molecule has 4 rings (SSSR count). The second-order valence-electron chi connectivity index (χ2n) is 7.09. The second kappa shape index (κ2) is 9.61. The number of furan rings is 2. The number of nitrogens with zero attached hydrogens (tertiary/aromatic N) is 1. The molecule has 3 heterocycles. The molecule has 0 saturated heterocycles. The Bertz CT molecular complexity index is 1250. The zero-order valence-corrected chi connectivity index (χ0v) is 18.5. The number of benzene rings is 1. The van der Waals surface area contributed by atoms with Crippen molar-refractivity contribution in [1.82, 2.24) is 15.2 Å². The summed E-state index contributed by atoms with van der Waals surface area (Å²) in [5.41, 5.74) is 1.01. The van der Waals surface area contributed by atoms with Crippen molar-refractivity contribution in [2.45, 2.75) is 19.6 Å². The standard InChI is InChI=1S/C23H23N3O5S/c1-28-20-10-15-9-16(22(27)25-19(15)11-21(20)29-2)13-26(14-18-6-4-8-31-18)23(32)24-12-17-5-3-7-30-17/h3-11H,12-14H2,1-2H3,(H,24,32)(H,25,27). The molecule has 0 fully saturated rings. The molecule has 8 nitrogen and oxygen atoms in total. The number of methoxy groups -OCH3 is 2. The molecule has 9 heteroatoms. The first-order chi connectivity index (χ1) is 15.6. The molecule has 0 unspecified atom stereocenters. The molecule has 0 bridgehead atoms. The second-order valence-corrected chi connectivity index (χ2v) is 7.48. The van der Waals surface area contributed by atoms with Crippen LogP contribution in [0.5, 0.6) is 11.5 Å². The topological polar surface area (TPSA) is 92.9 Å². The van der Waals surface area contributed by atoms with E-state index in [2.05, 4.69) is 10.3 Å². The molecule has 0 radical (unpaired) electrons. The van der Waals surface area contributed by atoms with Gasteiger partial charge in [0.25, 0.3) is 5.56 Å². The molecule has 0 amide bonds. The third-order valence-electron chi connectivity index (χ3n) is 4.99. The van der Waals surface area contributed by atoms with E-state index < -0.39 is 0 Å². The van der Waals surface area contributed by atoms with Crippen LogP contribution in [0.3, 0.4) is 0 Å². The fraction of sp³-hybridized carbons (Fsp3) is 0.217. The largest absolute Gasteiger partial charge is 0.493 e. The summed E-state index contributed by atoms with van der Waals surface area (Å²) in [5.74, 6) is 2.62. The van der Waals surface area contributed by atoms with E-state index in [0.29, 0.717) is 40.8 Å². The smallest absolute Gasteiger partial charge is 0.253 e. The molecule has 0 aliphatic rings. The fourth-order valence-corrected chi connectivity index (χ4v) is 3.58. The molecule has 0 atom stereocenters. The molecule has 0 saturated carbocycles. The molecule has 3 aromatic heterocycles. The quantitative estimate of drug-likeness (QED) is 0.389. The number of H-pyrrole nitrogens is 1. The van der Waals surface area contributed by atoms with Gasteiger partial charge in [0.05, 0.1) is 51.9 Å². The number of hydrogen-bond donors (Lipinski definition) is 2. The van der Waals surface area contributed by atoms with Crippen LogP contribution in [0.1, 0.15) is 17.1 Å². The number of ether oxygens (including phenoxy) is 2. The maximum atomic E-state index is 12.8. The van der Waals surface area contributed by atoms with E-state index >= 15 is 0 Å². The summed E-state index contributed by atoms with van der Waals surface area (Å²) in [4.78, 5) is 17.6. The number of rotatable bonds is 8. The normalized spacial score (nSPS) is 10.8. The Kier molecular flexibility index (Phi) is 6.46. The van der Waals surface area contributed by atoms with Crippen LogP contribution in [-0.2, 0) is 19.6 Å². The molecule has 0 spiro atoms. The Morgan fingerprint density at radius 3 is 2.38 bits per heavy atom. The van der Waals surface area contributed by atoms with Crippen LogP contribution in [0.15, 0.2) is 68.6 Å². The highest BCUT2D eigenvalue weighted by molar-refractivity contribution is 7.80. The van der Waals surface area contributed by atoms with E-state index in [4.69, 9.17) is 30.5 Å². The predicted molar refractivity (Wildman–Crippen MR) is 124 cm³/mol. The molecule has 1 aromatic carbocycles. The van der Waals surface area contributed by atoms with Crippen LogP contribution < -0.4 is 20.3 Å². The lowest BCUT2D eigenvalue weighted by Crippen LogP contribution is -2.39. The Labute approximate surface area is 189 Å². The Morgan fingerprint density at radius 1 is 1.03 bits per heavy atom. The third kappa shape index (κ3) is 4.78. The minimum atomic E-state index is -0.206. The van der Waals surface area contributed by atoms with Gasteiger partial charge in [0.2, 0.25) is 0 Å². The number of aromatic nitrogens is 1. The van der Waals surface area contributed by atoms with Gasteiger partial charge in [0.1, 0.15) is 11.5 Å². The van der Waals surface area contributed by atoms with Crippen LogP contribution in [-0.4, -0.2) is 29.2 Å². The van der Waals surface area contributed by atoms with E-state index in [-0.39, 0.29) is 12.1 Å². The van der Waals surface area contributed by atoms with Crippen LogP contribution in [0, 0.1) is 0 Å². The summed E-state index contributed by atoms with van der Waals surface area (Å²) in [6.07, 6.45) is 3.22. The van der Waals surface area contributed by atoms with Gasteiger partial charge < -0.3 is 33.5 Å². The number of nitrogens with one attached hydrogen (secondary N) is 2. The molecule has 4 aromatic rings. The molecule has 2 N–H and O–H groups in total. The van der Waals surface area contributed by atoms with Crippen LogP contribution >= 0.6 is 12.2 Å². The lowest BCUT2D eigenvalue weighted by Gasteiger charge is -2.25. The first kappa shape index (κ1) is 21.5. The molecule has 166 valence electrons. The zero-order valence-electron chi connectivity index (χ0n) is 17.7. The number of hydrogen-bond acceptors (Lipinski definition) is 6. The van der Waals surface area contributed by atoms with Crippen molar-refractivity contribution in [3.05, 3.63) is 82.4 Å². The van der Waals surface area contributed by atoms with E-state index in [1.807, 2.05) is 41.3 Å². The van der Waals surface area contributed by atoms with Crippen LogP contribution in [0.25, 0.3) is 10.9 Å². The Hall–Kier alpha value is -3.72. The van der Waals surface area contributed by atoms with Crippen molar-refractivity contribution in [3.63, 3.8) is 0 Å². The van der Waals surface area contributed by atoms with Gasteiger partial charge in [-0.3, -0.25) is 4.79 Å². The van der Waals surface area contributed by atoms with Crippen molar-refractivity contribution in [2.75, 3.05) is 14.2 Å². The van der Waals surface area contributed by atoms with Gasteiger partial charge in [-0.15, -0.1) is 0 Å². The highest BCUT2D eigenvalue weighted by Crippen LogP contribution is 2.31. The Balaban J connectivity index is 1.61. The molecule has 0 aliphatic carbocycles. The highest BCUT2D eigenvalue weighted by atomic mass is 32.1. The van der Waals surface area contributed by atoms with Crippen LogP contribution in [0.4, 0.5) is 0 Å². The summed E-state index contributed by atoms with van der Waals surface area (Å²) < 4.78 is 21.6. The molecule has 0 aliphatic heterocycles. The van der Waals surface area contributed by atoms with Gasteiger partial charge in [0, 0.05) is 17.0 Å². The van der Waals surface area contributed by atoms with Crippen molar-refractivity contribution >= 4 is 28.2 Å². The van der Waals surface area contributed by atoms with Crippen molar-refractivity contribution in [3.8, 4) is 11.5 Å². The van der Waals surface area contributed by atoms with Gasteiger partial charge in [-0.25, -0.2) is 0 Å². The maximum Gasteiger partial charge on any atom is 0.253 e. The average Bonchev–Trinajstić information content (AvgIpc) is 3.51. The van der Waals surface area contributed by atoms with Gasteiger partial charge in [-0.05, 0) is 48.6 Å². The first-order valence-corrected chi connectivity index (χ1v) is 10.3. The van der Waals surface area contributed by atoms with Crippen LogP contribution in [0.2, 0.25) is 0 Å².